The van der Waals surface area contributed by atoms with Gasteiger partial charge in [0.05, 0.1) is 0 Å². The Labute approximate surface area is 184 Å². The van der Waals surface area contributed by atoms with Gasteiger partial charge in [-0.15, -0.1) is 24.0 Å². The Hall–Kier alpha value is -1.04. The van der Waals surface area contributed by atoms with Crippen molar-refractivity contribution < 1.29 is 22.1 Å². The molecule has 0 fully saturated rings. The summed E-state index contributed by atoms with van der Waals surface area (Å²) in [5.74, 6) is 1.13. The van der Waals surface area contributed by atoms with E-state index in [0.29, 0.717) is 23.8 Å². The van der Waals surface area contributed by atoms with E-state index in [1.807, 2.05) is 20.8 Å². The summed E-state index contributed by atoms with van der Waals surface area (Å²) < 4.78 is 54.0. The number of halogens is 4. The number of guanidine groups is 1. The number of aryl methyl sites for hydroxylation is 1. The first kappa shape index (κ1) is 27.0. The molecule has 0 aliphatic carbocycles. The number of nitrogens with zero attached hydrogens (tertiary/aromatic N) is 1. The summed E-state index contributed by atoms with van der Waals surface area (Å²) in [5.41, 5.74) is 1.40. The highest BCUT2D eigenvalue weighted by atomic mass is 127. The normalized spacial score (nSPS) is 13.5. The number of ether oxygens (including phenoxy) is 1. The fraction of sp³-hybridized carbons (Fsp3) is 0.611. The van der Waals surface area contributed by atoms with E-state index in [2.05, 4.69) is 15.6 Å². The molecule has 1 rings (SSSR count). The number of benzene rings is 1. The molecule has 0 bridgehead atoms. The van der Waals surface area contributed by atoms with Crippen molar-refractivity contribution in [1.82, 2.24) is 10.6 Å². The predicted octanol–water partition coefficient (Wildman–Crippen LogP) is 3.77. The molecule has 10 heteroatoms. The lowest BCUT2D eigenvalue weighted by Gasteiger charge is -2.19. The van der Waals surface area contributed by atoms with Crippen molar-refractivity contribution >= 4 is 40.7 Å². The van der Waals surface area contributed by atoms with Gasteiger partial charge in [-0.1, -0.05) is 12.1 Å². The van der Waals surface area contributed by atoms with E-state index < -0.39 is 23.6 Å². The molecule has 5 nitrogen and oxygen atoms in total. The largest absolute Gasteiger partial charge is 0.484 e. The fourth-order valence-corrected chi connectivity index (χ4v) is 2.97. The lowest BCUT2D eigenvalue weighted by molar-refractivity contribution is -0.153. The van der Waals surface area contributed by atoms with Gasteiger partial charge in [0.25, 0.3) is 0 Å². The maximum absolute atomic E-state index is 12.4. The highest BCUT2D eigenvalue weighted by Gasteiger charge is 2.28. The van der Waals surface area contributed by atoms with Gasteiger partial charge in [0.1, 0.15) is 5.75 Å². The molecular formula is C18H29F3IN3O2S. The molecule has 0 radical (unpaired) electrons. The molecule has 0 amide bonds. The number of alkyl halides is 3. The SMILES string of the molecule is CN=C(NCCS(=O)C(C)(C)C)NCc1ccc(C)cc1OCC(F)(F)F.I. The van der Waals surface area contributed by atoms with E-state index in [0.717, 1.165) is 5.56 Å². The van der Waals surface area contributed by atoms with Gasteiger partial charge >= 0.3 is 6.18 Å². The second kappa shape index (κ2) is 11.8. The molecule has 162 valence electrons. The topological polar surface area (TPSA) is 62.7 Å². The second-order valence-electron chi connectivity index (χ2n) is 7.03. The maximum Gasteiger partial charge on any atom is 0.422 e. The average molecular weight is 535 g/mol. The zero-order valence-corrected chi connectivity index (χ0v) is 19.9. The minimum absolute atomic E-state index is 0. The van der Waals surface area contributed by atoms with Crippen LogP contribution in [0.2, 0.25) is 0 Å². The molecule has 28 heavy (non-hydrogen) atoms. The molecule has 0 aliphatic rings. The highest BCUT2D eigenvalue weighted by molar-refractivity contribution is 14.0. The summed E-state index contributed by atoms with van der Waals surface area (Å²) in [6.45, 7) is 6.90. The van der Waals surface area contributed by atoms with E-state index >= 15 is 0 Å². The first-order valence-corrected chi connectivity index (χ1v) is 9.86. The van der Waals surface area contributed by atoms with Crippen LogP contribution in [0.5, 0.6) is 5.75 Å². The minimum Gasteiger partial charge on any atom is -0.484 e. The summed E-state index contributed by atoms with van der Waals surface area (Å²) in [4.78, 5) is 4.07. The molecule has 1 aromatic carbocycles. The zero-order valence-electron chi connectivity index (χ0n) is 16.8. The van der Waals surface area contributed by atoms with Crippen LogP contribution in [0.15, 0.2) is 23.2 Å². The van der Waals surface area contributed by atoms with Crippen LogP contribution < -0.4 is 15.4 Å². The van der Waals surface area contributed by atoms with Crippen LogP contribution in [0, 0.1) is 6.92 Å². The summed E-state index contributed by atoms with van der Waals surface area (Å²) in [6.07, 6.45) is -4.39. The monoisotopic (exact) mass is 535 g/mol. The molecule has 0 aromatic heterocycles. The van der Waals surface area contributed by atoms with Crippen LogP contribution in [0.4, 0.5) is 13.2 Å². The summed E-state index contributed by atoms with van der Waals surface area (Å²) >= 11 is 0. The second-order valence-corrected chi connectivity index (χ2v) is 9.35. The third-order valence-corrected chi connectivity index (χ3v) is 5.49. The molecule has 1 aromatic rings. The summed E-state index contributed by atoms with van der Waals surface area (Å²) in [7, 11) is 0.605. The number of rotatable bonds is 7. The smallest absolute Gasteiger partial charge is 0.422 e. The number of hydrogen-bond donors (Lipinski definition) is 2. The van der Waals surface area contributed by atoms with Gasteiger partial charge in [-0.25, -0.2) is 0 Å². The number of aliphatic imine (C=N–C) groups is 1. The Kier molecular flexibility index (Phi) is 11.4. The van der Waals surface area contributed by atoms with E-state index in [1.165, 1.54) is 0 Å². The Morgan fingerprint density at radius 3 is 2.39 bits per heavy atom. The van der Waals surface area contributed by atoms with Gasteiger partial charge in [0.2, 0.25) is 0 Å². The molecule has 1 unspecified atom stereocenters. The van der Waals surface area contributed by atoms with Crippen LogP contribution in [-0.4, -0.2) is 47.0 Å². The summed E-state index contributed by atoms with van der Waals surface area (Å²) in [5, 5.41) is 6.09. The van der Waals surface area contributed by atoms with Crippen molar-refractivity contribution in [3.05, 3.63) is 29.3 Å². The van der Waals surface area contributed by atoms with Crippen molar-refractivity contribution in [2.45, 2.75) is 45.2 Å². The molecule has 0 saturated heterocycles. The van der Waals surface area contributed by atoms with Crippen LogP contribution >= 0.6 is 24.0 Å². The first-order valence-electron chi connectivity index (χ1n) is 8.54. The Bertz CT molecular complexity index is 677. The number of hydrogen-bond acceptors (Lipinski definition) is 3. The molecular weight excluding hydrogens is 506 g/mol. The lowest BCUT2D eigenvalue weighted by atomic mass is 10.1. The van der Waals surface area contributed by atoms with Gasteiger partial charge in [0, 0.05) is 47.0 Å². The van der Waals surface area contributed by atoms with Gasteiger partial charge in [0.15, 0.2) is 12.6 Å². The molecule has 0 aliphatic heterocycles. The van der Waals surface area contributed by atoms with Gasteiger partial charge in [-0.2, -0.15) is 13.2 Å². The lowest BCUT2D eigenvalue weighted by Crippen LogP contribution is -2.40. The Morgan fingerprint density at radius 2 is 1.86 bits per heavy atom. The molecule has 0 saturated carbocycles. The molecule has 2 N–H and O–H groups in total. The number of nitrogens with one attached hydrogen (secondary N) is 2. The average Bonchev–Trinajstić information content (AvgIpc) is 2.55. The van der Waals surface area contributed by atoms with Crippen LogP contribution in [0.25, 0.3) is 0 Å². The van der Waals surface area contributed by atoms with Gasteiger partial charge < -0.3 is 15.4 Å². The maximum atomic E-state index is 12.4. The first-order chi connectivity index (χ1) is 12.4. The third-order valence-electron chi connectivity index (χ3n) is 3.55. The van der Waals surface area contributed by atoms with E-state index in [9.17, 15) is 17.4 Å². The van der Waals surface area contributed by atoms with Crippen LogP contribution in [-0.2, 0) is 17.3 Å². The molecule has 0 heterocycles. The van der Waals surface area contributed by atoms with Gasteiger partial charge in [-0.3, -0.25) is 9.20 Å². The molecule has 0 spiro atoms. The fourth-order valence-electron chi connectivity index (χ4n) is 2.07. The van der Waals surface area contributed by atoms with Crippen molar-refractivity contribution in [1.29, 1.82) is 0 Å². The van der Waals surface area contributed by atoms with Crippen molar-refractivity contribution in [2.24, 2.45) is 4.99 Å². The van der Waals surface area contributed by atoms with Crippen LogP contribution in [0.3, 0.4) is 0 Å². The quantitative estimate of drug-likeness (QED) is 0.317. The summed E-state index contributed by atoms with van der Waals surface area (Å²) in [6, 6.07) is 5.10. The predicted molar refractivity (Wildman–Crippen MR) is 119 cm³/mol. The van der Waals surface area contributed by atoms with Crippen molar-refractivity contribution in [3.8, 4) is 5.75 Å². The van der Waals surface area contributed by atoms with E-state index in [4.69, 9.17) is 4.74 Å². The van der Waals surface area contributed by atoms with Gasteiger partial charge in [-0.05, 0) is 39.3 Å². The van der Waals surface area contributed by atoms with E-state index in [1.54, 1.807) is 32.2 Å². The van der Waals surface area contributed by atoms with Crippen molar-refractivity contribution in [2.75, 3.05) is 26.0 Å². The van der Waals surface area contributed by atoms with Crippen LogP contribution in [0.1, 0.15) is 31.9 Å². The van der Waals surface area contributed by atoms with E-state index in [-0.39, 0.29) is 41.0 Å². The standard InChI is InChI=1S/C18H28F3N3O2S.HI/c1-13-6-7-14(15(10-13)26-12-18(19,20)21)11-24-16(22-5)23-8-9-27(25)17(2,3)4;/h6-7,10H,8-9,11-12H2,1-5H3,(H2,22,23,24);1H. The highest BCUT2D eigenvalue weighted by Crippen LogP contribution is 2.23. The Morgan fingerprint density at radius 1 is 1.21 bits per heavy atom. The third kappa shape index (κ3) is 10.5. The zero-order chi connectivity index (χ0) is 20.7. The molecule has 1 atom stereocenters. The minimum atomic E-state index is -4.39. The van der Waals surface area contributed by atoms with Crippen molar-refractivity contribution in [3.63, 3.8) is 0 Å². The Balaban J connectivity index is 0.00000729.